The van der Waals surface area contributed by atoms with Crippen molar-refractivity contribution in [3.05, 3.63) is 24.3 Å². The van der Waals surface area contributed by atoms with Crippen LogP contribution in [0, 0.1) is 0 Å². The molecule has 7 heteroatoms. The number of benzene rings is 1. The van der Waals surface area contributed by atoms with Crippen molar-refractivity contribution in [2.75, 3.05) is 45.2 Å². The molecule has 3 N–H and O–H groups in total. The fraction of sp³-hybridized carbons (Fsp3) is 0.632. The minimum Gasteiger partial charge on any atom is -0.491 e. The Morgan fingerprint density at radius 3 is 2.73 bits per heavy atom. The van der Waals surface area contributed by atoms with Crippen molar-refractivity contribution in [2.24, 2.45) is 0 Å². The van der Waals surface area contributed by atoms with Crippen molar-refractivity contribution in [3.8, 4) is 5.75 Å². The van der Waals surface area contributed by atoms with Gasteiger partial charge in [-0.05, 0) is 57.0 Å². The van der Waals surface area contributed by atoms with Gasteiger partial charge in [-0.25, -0.2) is 4.79 Å². The van der Waals surface area contributed by atoms with Crippen molar-refractivity contribution < 1.29 is 19.4 Å². The number of ether oxygens (including phenoxy) is 2. The Bertz CT molecular complexity index is 579. The van der Waals surface area contributed by atoms with E-state index in [2.05, 4.69) is 15.5 Å². The second-order valence-electron chi connectivity index (χ2n) is 7.31. The molecule has 2 saturated heterocycles. The van der Waals surface area contributed by atoms with Gasteiger partial charge in [-0.15, -0.1) is 0 Å². The van der Waals surface area contributed by atoms with Crippen LogP contribution in [0.25, 0.3) is 0 Å². The Kier molecular flexibility index (Phi) is 6.34. The standard InChI is InChI=1S/C19H29N3O4/c1-22-10-8-19(24,9-11-22)14-20-18(23)21-15-4-6-16(7-5-15)26-13-17-3-2-12-25-17/h4-7,17,24H,2-3,8-14H2,1H3,(H2,20,21,23)/t17-/m1/s1. The molecule has 2 heterocycles. The van der Waals surface area contributed by atoms with Crippen molar-refractivity contribution in [2.45, 2.75) is 37.4 Å². The lowest BCUT2D eigenvalue weighted by Gasteiger charge is -2.36. The Balaban J connectivity index is 1.39. The third-order valence-corrected chi connectivity index (χ3v) is 5.07. The summed E-state index contributed by atoms with van der Waals surface area (Å²) < 4.78 is 11.2. The van der Waals surface area contributed by atoms with Crippen molar-refractivity contribution in [3.63, 3.8) is 0 Å². The number of amides is 2. The van der Waals surface area contributed by atoms with Gasteiger partial charge >= 0.3 is 6.03 Å². The fourth-order valence-corrected chi connectivity index (χ4v) is 3.23. The summed E-state index contributed by atoms with van der Waals surface area (Å²) >= 11 is 0. The highest BCUT2D eigenvalue weighted by molar-refractivity contribution is 5.89. The van der Waals surface area contributed by atoms with E-state index in [9.17, 15) is 9.90 Å². The molecule has 0 aliphatic carbocycles. The Hall–Kier alpha value is -1.83. The van der Waals surface area contributed by atoms with E-state index >= 15 is 0 Å². The Labute approximate surface area is 154 Å². The monoisotopic (exact) mass is 363 g/mol. The largest absolute Gasteiger partial charge is 0.491 e. The quantitative estimate of drug-likeness (QED) is 0.718. The minimum absolute atomic E-state index is 0.184. The van der Waals surface area contributed by atoms with Crippen molar-refractivity contribution in [1.29, 1.82) is 0 Å². The van der Waals surface area contributed by atoms with Crippen LogP contribution in [0.2, 0.25) is 0 Å². The maximum Gasteiger partial charge on any atom is 0.319 e. The maximum atomic E-state index is 12.1. The lowest BCUT2D eigenvalue weighted by Crippen LogP contribution is -2.50. The SMILES string of the molecule is CN1CCC(O)(CNC(=O)Nc2ccc(OC[C@H]3CCCO3)cc2)CC1. The van der Waals surface area contributed by atoms with E-state index < -0.39 is 5.60 Å². The molecule has 2 aliphatic rings. The number of hydrogen-bond acceptors (Lipinski definition) is 5. The number of aliphatic hydroxyl groups is 1. The number of anilines is 1. The van der Waals surface area contributed by atoms with Gasteiger partial charge < -0.3 is 30.1 Å². The van der Waals surface area contributed by atoms with E-state index in [1.165, 1.54) is 0 Å². The van der Waals surface area contributed by atoms with Crippen LogP contribution in [0.5, 0.6) is 5.75 Å². The maximum absolute atomic E-state index is 12.1. The molecule has 0 radical (unpaired) electrons. The fourth-order valence-electron chi connectivity index (χ4n) is 3.23. The average Bonchev–Trinajstić information content (AvgIpc) is 3.16. The summed E-state index contributed by atoms with van der Waals surface area (Å²) in [6.07, 6.45) is 3.66. The van der Waals surface area contributed by atoms with Gasteiger partial charge in [0, 0.05) is 31.9 Å². The lowest BCUT2D eigenvalue weighted by atomic mass is 9.92. The third kappa shape index (κ3) is 5.59. The van der Waals surface area contributed by atoms with Gasteiger partial charge in [0.2, 0.25) is 0 Å². The molecule has 2 fully saturated rings. The average molecular weight is 363 g/mol. The van der Waals surface area contributed by atoms with Crippen molar-refractivity contribution >= 4 is 11.7 Å². The zero-order valence-electron chi connectivity index (χ0n) is 15.4. The number of carbonyl (C=O) groups excluding carboxylic acids is 1. The molecule has 26 heavy (non-hydrogen) atoms. The molecule has 0 aromatic heterocycles. The first-order chi connectivity index (χ1) is 12.5. The first kappa shape index (κ1) is 18.9. The number of urea groups is 1. The summed E-state index contributed by atoms with van der Waals surface area (Å²) in [4.78, 5) is 14.2. The Morgan fingerprint density at radius 1 is 1.35 bits per heavy atom. The van der Waals surface area contributed by atoms with Gasteiger partial charge in [-0.1, -0.05) is 0 Å². The second kappa shape index (κ2) is 8.70. The highest BCUT2D eigenvalue weighted by atomic mass is 16.5. The van der Waals surface area contributed by atoms with Crippen LogP contribution in [-0.4, -0.2) is 67.6 Å². The minimum atomic E-state index is -0.816. The summed E-state index contributed by atoms with van der Waals surface area (Å²) in [6, 6.07) is 6.94. The van der Waals surface area contributed by atoms with E-state index in [0.717, 1.165) is 38.3 Å². The molecule has 0 bridgehead atoms. The van der Waals surface area contributed by atoms with Gasteiger partial charge in [0.15, 0.2) is 0 Å². The molecule has 144 valence electrons. The van der Waals surface area contributed by atoms with Crippen LogP contribution >= 0.6 is 0 Å². The van der Waals surface area contributed by atoms with Gasteiger partial charge in [0.1, 0.15) is 12.4 Å². The number of carbonyl (C=O) groups is 1. The van der Waals surface area contributed by atoms with Crippen LogP contribution < -0.4 is 15.4 Å². The number of likely N-dealkylation sites (tertiary alicyclic amines) is 1. The first-order valence-corrected chi connectivity index (χ1v) is 9.33. The third-order valence-electron chi connectivity index (χ3n) is 5.07. The van der Waals surface area contributed by atoms with Crippen LogP contribution in [0.15, 0.2) is 24.3 Å². The zero-order chi connectivity index (χ0) is 18.4. The number of hydrogen-bond donors (Lipinski definition) is 3. The van der Waals surface area contributed by atoms with Gasteiger partial charge in [0.25, 0.3) is 0 Å². The molecule has 3 rings (SSSR count). The lowest BCUT2D eigenvalue weighted by molar-refractivity contribution is -0.0120. The summed E-state index contributed by atoms with van der Waals surface area (Å²) in [6.45, 7) is 3.31. The summed E-state index contributed by atoms with van der Waals surface area (Å²) in [5.41, 5.74) is -0.133. The number of nitrogens with one attached hydrogen (secondary N) is 2. The molecule has 1 atom stereocenters. The number of nitrogens with zero attached hydrogens (tertiary/aromatic N) is 1. The predicted molar refractivity (Wildman–Crippen MR) is 99.6 cm³/mol. The van der Waals surface area contributed by atoms with E-state index in [1.54, 1.807) is 12.1 Å². The van der Waals surface area contributed by atoms with E-state index in [0.29, 0.717) is 25.1 Å². The molecule has 0 saturated carbocycles. The van der Waals surface area contributed by atoms with Crippen molar-refractivity contribution in [1.82, 2.24) is 10.2 Å². The summed E-state index contributed by atoms with van der Waals surface area (Å²) in [5.74, 6) is 0.757. The van der Waals surface area contributed by atoms with Crippen LogP contribution in [-0.2, 0) is 4.74 Å². The van der Waals surface area contributed by atoms with Gasteiger partial charge in [-0.3, -0.25) is 0 Å². The Morgan fingerprint density at radius 2 is 2.08 bits per heavy atom. The molecule has 1 aromatic carbocycles. The van der Waals surface area contributed by atoms with Gasteiger partial charge in [-0.2, -0.15) is 0 Å². The molecule has 2 aliphatic heterocycles. The molecule has 0 spiro atoms. The van der Waals surface area contributed by atoms with Crippen LogP contribution in [0.1, 0.15) is 25.7 Å². The molecular formula is C19H29N3O4. The van der Waals surface area contributed by atoms with Crippen LogP contribution in [0.3, 0.4) is 0 Å². The number of rotatable bonds is 6. The first-order valence-electron chi connectivity index (χ1n) is 9.33. The normalized spacial score (nSPS) is 22.8. The molecule has 7 nitrogen and oxygen atoms in total. The molecule has 2 amide bonds. The van der Waals surface area contributed by atoms with E-state index in [1.807, 2.05) is 19.2 Å². The highest BCUT2D eigenvalue weighted by Gasteiger charge is 2.31. The zero-order valence-corrected chi connectivity index (χ0v) is 15.4. The van der Waals surface area contributed by atoms with E-state index in [4.69, 9.17) is 9.47 Å². The van der Waals surface area contributed by atoms with E-state index in [-0.39, 0.29) is 18.7 Å². The molecule has 1 aromatic rings. The smallest absolute Gasteiger partial charge is 0.319 e. The predicted octanol–water partition coefficient (Wildman–Crippen LogP) is 1.82. The van der Waals surface area contributed by atoms with Crippen LogP contribution in [0.4, 0.5) is 10.5 Å². The summed E-state index contributed by atoms with van der Waals surface area (Å²) in [7, 11) is 2.04. The highest BCUT2D eigenvalue weighted by Crippen LogP contribution is 2.21. The second-order valence-corrected chi connectivity index (χ2v) is 7.31. The van der Waals surface area contributed by atoms with Gasteiger partial charge in [0.05, 0.1) is 11.7 Å². The molecule has 0 unspecified atom stereocenters. The molecular weight excluding hydrogens is 334 g/mol. The number of piperidine rings is 1. The topological polar surface area (TPSA) is 83.1 Å². The summed E-state index contributed by atoms with van der Waals surface area (Å²) in [5, 5.41) is 16.0.